The van der Waals surface area contributed by atoms with Gasteiger partial charge in [-0.25, -0.2) is 0 Å². The molecule has 0 aliphatic heterocycles. The van der Waals surface area contributed by atoms with Gasteiger partial charge in [-0.05, 0) is 13.7 Å². The highest BCUT2D eigenvalue weighted by Gasteiger charge is 2.11. The molecule has 0 radical (unpaired) electrons. The minimum Gasteiger partial charge on any atom is -0.481 e. The summed E-state index contributed by atoms with van der Waals surface area (Å²) in [6.45, 7) is 1.87. The summed E-state index contributed by atoms with van der Waals surface area (Å²) in [7, 11) is 0.342. The quantitative estimate of drug-likeness (QED) is 0.704. The van der Waals surface area contributed by atoms with Crippen LogP contribution in [0, 0.1) is 0 Å². The Balaban J connectivity index is 3.52. The Morgan fingerprint density at radius 2 is 2.50 bits per heavy atom. The number of carboxylic acid groups (broad SMARTS) is 1. The molecule has 0 fully saturated rings. The predicted octanol–water partition coefficient (Wildman–Crippen LogP) is 1.84. The third kappa shape index (κ3) is 2.63. The molecule has 0 aromatic carbocycles. The molecule has 0 saturated heterocycles. The maximum Gasteiger partial charge on any atom is 0.311 e. The van der Waals surface area contributed by atoms with E-state index < -0.39 is 5.97 Å². The highest BCUT2D eigenvalue weighted by atomic mass is 79.9. The molecular weight excluding hydrogens is 191 g/mol. The Kier molecular flexibility index (Phi) is 4.48. The molecule has 2 atom stereocenters. The fourth-order valence-corrected chi connectivity index (χ4v) is 2.10. The maximum absolute atomic E-state index is 10.1. The Morgan fingerprint density at radius 1 is 2.00 bits per heavy atom. The zero-order chi connectivity index (χ0) is 6.57. The van der Waals surface area contributed by atoms with Crippen molar-refractivity contribution in [2.75, 3.05) is 0 Å². The van der Waals surface area contributed by atoms with E-state index in [1.165, 1.54) is 0 Å². The van der Waals surface area contributed by atoms with Gasteiger partial charge in [0.25, 0.3) is 0 Å². The molecule has 8 heavy (non-hydrogen) atoms. The third-order valence-electron chi connectivity index (χ3n) is 0.838. The van der Waals surface area contributed by atoms with Crippen LogP contribution in [0.5, 0.6) is 0 Å². The molecular formula is C4H8BrO2P. The molecule has 0 saturated carbocycles. The molecule has 1 N–H and O–H groups in total. The summed E-state index contributed by atoms with van der Waals surface area (Å²) in [6, 6.07) is 0. The first-order valence-electron chi connectivity index (χ1n) is 2.31. The second-order valence-electron chi connectivity index (χ2n) is 1.41. The molecule has 0 aromatic rings. The lowest BCUT2D eigenvalue weighted by atomic mass is 10.3. The summed E-state index contributed by atoms with van der Waals surface area (Å²) >= 11 is 3.12. The van der Waals surface area contributed by atoms with E-state index in [9.17, 15) is 4.79 Å². The largest absolute Gasteiger partial charge is 0.481 e. The first kappa shape index (κ1) is 8.38. The van der Waals surface area contributed by atoms with Gasteiger partial charge in [-0.3, -0.25) is 4.79 Å². The number of hydrogen-bond acceptors (Lipinski definition) is 1. The molecule has 0 aliphatic rings. The van der Waals surface area contributed by atoms with Crippen molar-refractivity contribution in [3.05, 3.63) is 0 Å². The van der Waals surface area contributed by atoms with Crippen LogP contribution in [0.4, 0.5) is 0 Å². The normalized spacial score (nSPS) is 14.8. The predicted molar refractivity (Wildman–Crippen MR) is 39.0 cm³/mol. The van der Waals surface area contributed by atoms with Crippen LogP contribution in [-0.2, 0) is 4.79 Å². The number of hydrogen-bond donors (Lipinski definition) is 1. The minimum atomic E-state index is -0.706. The van der Waals surface area contributed by atoms with Crippen molar-refractivity contribution in [3.8, 4) is 0 Å². The van der Waals surface area contributed by atoms with Crippen LogP contribution in [0.25, 0.3) is 0 Å². The highest BCUT2D eigenvalue weighted by molar-refractivity contribution is 9.36. The van der Waals surface area contributed by atoms with Crippen LogP contribution in [0.1, 0.15) is 13.3 Å². The van der Waals surface area contributed by atoms with Gasteiger partial charge in [0.1, 0.15) is 0 Å². The van der Waals surface area contributed by atoms with Crippen LogP contribution < -0.4 is 0 Å². The topological polar surface area (TPSA) is 37.3 Å². The molecule has 0 heterocycles. The number of aliphatic carboxylic acids is 1. The van der Waals surface area contributed by atoms with E-state index in [-0.39, 0.29) is 5.66 Å². The third-order valence-corrected chi connectivity index (χ3v) is 3.41. The average Bonchev–Trinajstić information content (AvgIpc) is 1.69. The molecule has 0 bridgehead atoms. The first-order valence-corrected chi connectivity index (χ1v) is 5.64. The van der Waals surface area contributed by atoms with Crippen molar-refractivity contribution in [3.63, 3.8) is 0 Å². The van der Waals surface area contributed by atoms with Gasteiger partial charge < -0.3 is 5.11 Å². The zero-order valence-corrected chi connectivity index (χ0v) is 7.10. The number of carbonyl (C=O) groups is 1. The van der Waals surface area contributed by atoms with Crippen molar-refractivity contribution in [2.24, 2.45) is 0 Å². The molecule has 2 nitrogen and oxygen atoms in total. The Morgan fingerprint density at radius 3 is 2.50 bits per heavy atom. The minimum absolute atomic E-state index is 0.185. The van der Waals surface area contributed by atoms with Gasteiger partial charge in [0, 0.05) is 0 Å². The summed E-state index contributed by atoms with van der Waals surface area (Å²) in [5.74, 6) is -0.706. The smallest absolute Gasteiger partial charge is 0.311 e. The fourth-order valence-electron chi connectivity index (χ4n) is 0.298. The summed E-state index contributed by atoms with van der Waals surface area (Å²) in [5, 5.41) is 8.35. The molecule has 0 aliphatic carbocycles. The molecule has 0 aromatic heterocycles. The molecule has 0 rings (SSSR count). The number of halogens is 1. The van der Waals surface area contributed by atoms with E-state index in [0.29, 0.717) is 13.7 Å². The standard InChI is InChI=1S/C4H8BrO2P/c1-2-3(8-5)4(6)7/h3,8H,2H2,1H3,(H,6,7). The maximum atomic E-state index is 10.1. The van der Waals surface area contributed by atoms with Crippen molar-refractivity contribution < 1.29 is 9.90 Å². The molecule has 4 heteroatoms. The summed E-state index contributed by atoms with van der Waals surface area (Å²) < 4.78 is 0. The molecule has 48 valence electrons. The van der Waals surface area contributed by atoms with Gasteiger partial charge >= 0.3 is 5.97 Å². The van der Waals surface area contributed by atoms with Crippen molar-refractivity contribution in [2.45, 2.75) is 19.0 Å². The average molecular weight is 199 g/mol. The second-order valence-corrected chi connectivity index (χ2v) is 3.70. The van der Waals surface area contributed by atoms with Crippen LogP contribution >= 0.6 is 22.8 Å². The Hall–Kier alpha value is 0.380. The van der Waals surface area contributed by atoms with E-state index in [2.05, 4.69) is 15.5 Å². The van der Waals surface area contributed by atoms with Crippen molar-refractivity contribution >= 4 is 28.7 Å². The number of carboxylic acids is 1. The van der Waals surface area contributed by atoms with Gasteiger partial charge in [0.15, 0.2) is 0 Å². The Labute approximate surface area is 58.2 Å². The van der Waals surface area contributed by atoms with Crippen molar-refractivity contribution in [1.82, 2.24) is 0 Å². The van der Waals surface area contributed by atoms with E-state index >= 15 is 0 Å². The van der Waals surface area contributed by atoms with Crippen LogP contribution in [0.3, 0.4) is 0 Å². The fraction of sp³-hybridized carbons (Fsp3) is 0.750. The highest BCUT2D eigenvalue weighted by Crippen LogP contribution is 2.28. The molecule has 0 amide bonds. The van der Waals surface area contributed by atoms with E-state index in [1.54, 1.807) is 0 Å². The van der Waals surface area contributed by atoms with Gasteiger partial charge in [-0.15, -0.1) is 0 Å². The molecule has 2 unspecified atom stereocenters. The van der Waals surface area contributed by atoms with Crippen LogP contribution in [0.2, 0.25) is 0 Å². The van der Waals surface area contributed by atoms with Gasteiger partial charge in [0.2, 0.25) is 0 Å². The van der Waals surface area contributed by atoms with Crippen molar-refractivity contribution in [1.29, 1.82) is 0 Å². The van der Waals surface area contributed by atoms with E-state index in [0.717, 1.165) is 0 Å². The van der Waals surface area contributed by atoms with E-state index in [1.807, 2.05) is 6.92 Å². The lowest BCUT2D eigenvalue weighted by molar-refractivity contribution is -0.136. The lowest BCUT2D eigenvalue weighted by Gasteiger charge is -2.01. The second kappa shape index (κ2) is 4.28. The summed E-state index contributed by atoms with van der Waals surface area (Å²) in [6.07, 6.45) is 0.707. The van der Waals surface area contributed by atoms with Gasteiger partial charge in [0.05, 0.1) is 5.66 Å². The van der Waals surface area contributed by atoms with E-state index in [4.69, 9.17) is 5.11 Å². The zero-order valence-electron chi connectivity index (χ0n) is 4.52. The Bertz CT molecular complexity index is 82.1. The number of rotatable bonds is 3. The van der Waals surface area contributed by atoms with Gasteiger partial charge in [-0.1, -0.05) is 22.4 Å². The summed E-state index contributed by atoms with van der Waals surface area (Å²) in [4.78, 5) is 10.1. The summed E-state index contributed by atoms with van der Waals surface area (Å²) in [5.41, 5.74) is -0.185. The SMILES string of the molecule is CCC(PBr)C(=O)O. The first-order chi connectivity index (χ1) is 3.72. The molecule has 0 spiro atoms. The monoisotopic (exact) mass is 198 g/mol. The van der Waals surface area contributed by atoms with Crippen LogP contribution in [-0.4, -0.2) is 16.7 Å². The lowest BCUT2D eigenvalue weighted by Crippen LogP contribution is -2.11. The van der Waals surface area contributed by atoms with Crippen LogP contribution in [0.15, 0.2) is 0 Å². The van der Waals surface area contributed by atoms with Gasteiger partial charge in [-0.2, -0.15) is 0 Å².